The van der Waals surface area contributed by atoms with Crippen molar-refractivity contribution < 1.29 is 0 Å². The van der Waals surface area contributed by atoms with Crippen molar-refractivity contribution in [2.45, 2.75) is 24.8 Å². The van der Waals surface area contributed by atoms with Crippen LogP contribution in [0.15, 0.2) is 48.5 Å². The molecule has 92 valence electrons. The minimum absolute atomic E-state index is 0.258. The summed E-state index contributed by atoms with van der Waals surface area (Å²) in [6.45, 7) is 0. The Morgan fingerprint density at radius 1 is 1.06 bits per heavy atom. The lowest BCUT2D eigenvalue weighted by Gasteiger charge is -2.26. The molecule has 18 heavy (non-hydrogen) atoms. The summed E-state index contributed by atoms with van der Waals surface area (Å²) in [7, 11) is 0. The van der Waals surface area contributed by atoms with Crippen LogP contribution in [0.3, 0.4) is 0 Å². The summed E-state index contributed by atoms with van der Waals surface area (Å²) in [5.74, 6) is 0. The van der Waals surface area contributed by atoms with Crippen LogP contribution in [0, 0.1) is 0 Å². The van der Waals surface area contributed by atoms with Gasteiger partial charge in [0.2, 0.25) is 0 Å². The Morgan fingerprint density at radius 3 is 2.61 bits per heavy atom. The lowest BCUT2D eigenvalue weighted by Crippen LogP contribution is -2.36. The second kappa shape index (κ2) is 4.14. The van der Waals surface area contributed by atoms with Gasteiger partial charge in [-0.25, -0.2) is 0 Å². The van der Waals surface area contributed by atoms with E-state index in [0.717, 1.165) is 24.9 Å². The van der Waals surface area contributed by atoms with E-state index < -0.39 is 0 Å². The Hall–Kier alpha value is -1.80. The van der Waals surface area contributed by atoms with Crippen molar-refractivity contribution in [2.75, 3.05) is 5.73 Å². The highest BCUT2D eigenvalue weighted by Gasteiger charge is 2.34. The summed E-state index contributed by atoms with van der Waals surface area (Å²) in [5.41, 5.74) is 16.9. The molecule has 2 nitrogen and oxygen atoms in total. The summed E-state index contributed by atoms with van der Waals surface area (Å²) >= 11 is 0. The van der Waals surface area contributed by atoms with Crippen LogP contribution in [0.25, 0.3) is 0 Å². The molecular weight excluding hydrogens is 220 g/mol. The summed E-state index contributed by atoms with van der Waals surface area (Å²) in [6, 6.07) is 16.6. The number of anilines is 1. The van der Waals surface area contributed by atoms with E-state index >= 15 is 0 Å². The maximum atomic E-state index is 6.62. The van der Waals surface area contributed by atoms with Crippen molar-refractivity contribution >= 4 is 5.69 Å². The monoisotopic (exact) mass is 238 g/mol. The molecular formula is C16H18N2. The van der Waals surface area contributed by atoms with Crippen LogP contribution in [0.2, 0.25) is 0 Å². The van der Waals surface area contributed by atoms with E-state index in [4.69, 9.17) is 11.5 Å². The molecule has 2 aromatic carbocycles. The predicted octanol–water partition coefficient (Wildman–Crippen LogP) is 2.61. The maximum Gasteiger partial charge on any atom is 0.0457 e. The zero-order valence-corrected chi connectivity index (χ0v) is 10.4. The number of aryl methyl sites for hydroxylation is 1. The average molecular weight is 238 g/mol. The Kier molecular flexibility index (Phi) is 2.60. The van der Waals surface area contributed by atoms with E-state index in [0.29, 0.717) is 0 Å². The van der Waals surface area contributed by atoms with Gasteiger partial charge in [0.15, 0.2) is 0 Å². The molecule has 0 bridgehead atoms. The van der Waals surface area contributed by atoms with Gasteiger partial charge in [-0.15, -0.1) is 0 Å². The first kappa shape index (κ1) is 11.3. The van der Waals surface area contributed by atoms with E-state index in [2.05, 4.69) is 30.3 Å². The molecule has 2 heteroatoms. The number of nitrogen functional groups attached to an aromatic ring is 1. The number of hydrogen-bond acceptors (Lipinski definition) is 2. The molecule has 3 rings (SSSR count). The van der Waals surface area contributed by atoms with E-state index in [1.807, 2.05) is 18.2 Å². The van der Waals surface area contributed by atoms with Gasteiger partial charge in [-0.3, -0.25) is 0 Å². The van der Waals surface area contributed by atoms with Crippen LogP contribution < -0.4 is 11.5 Å². The first-order valence-electron chi connectivity index (χ1n) is 6.39. The van der Waals surface area contributed by atoms with Gasteiger partial charge in [0.25, 0.3) is 0 Å². The molecule has 0 radical (unpaired) electrons. The number of rotatable bonds is 2. The highest BCUT2D eigenvalue weighted by molar-refractivity contribution is 5.50. The third-order valence-corrected chi connectivity index (χ3v) is 3.87. The first-order chi connectivity index (χ1) is 8.67. The van der Waals surface area contributed by atoms with Crippen LogP contribution in [0.5, 0.6) is 0 Å². The van der Waals surface area contributed by atoms with Gasteiger partial charge >= 0.3 is 0 Å². The van der Waals surface area contributed by atoms with Crippen molar-refractivity contribution in [3.63, 3.8) is 0 Å². The minimum Gasteiger partial charge on any atom is -0.399 e. The van der Waals surface area contributed by atoms with Crippen molar-refractivity contribution in [1.29, 1.82) is 0 Å². The molecule has 0 amide bonds. The number of nitrogens with two attached hydrogens (primary N) is 2. The molecule has 0 saturated heterocycles. The topological polar surface area (TPSA) is 52.0 Å². The van der Waals surface area contributed by atoms with Crippen molar-refractivity contribution in [3.8, 4) is 0 Å². The van der Waals surface area contributed by atoms with E-state index in [9.17, 15) is 0 Å². The van der Waals surface area contributed by atoms with Crippen LogP contribution in [-0.4, -0.2) is 0 Å². The number of hydrogen-bond donors (Lipinski definition) is 2. The average Bonchev–Trinajstić information content (AvgIpc) is 2.68. The van der Waals surface area contributed by atoms with Crippen LogP contribution in [-0.2, 0) is 18.4 Å². The third kappa shape index (κ3) is 1.89. The van der Waals surface area contributed by atoms with Gasteiger partial charge < -0.3 is 11.5 Å². The zero-order valence-electron chi connectivity index (χ0n) is 10.4. The molecule has 0 fully saturated rings. The molecule has 0 aliphatic heterocycles. The Morgan fingerprint density at radius 2 is 1.83 bits per heavy atom. The van der Waals surface area contributed by atoms with Crippen LogP contribution >= 0.6 is 0 Å². The molecule has 0 spiro atoms. The SMILES string of the molecule is Nc1ccc2c(c1)C(N)(Cc1ccccc1)CC2. The molecule has 1 unspecified atom stereocenters. The third-order valence-electron chi connectivity index (χ3n) is 3.87. The molecule has 0 aromatic heterocycles. The molecule has 0 saturated carbocycles. The Bertz CT molecular complexity index is 563. The van der Waals surface area contributed by atoms with Crippen molar-refractivity contribution in [3.05, 3.63) is 65.2 Å². The van der Waals surface area contributed by atoms with Gasteiger partial charge in [0, 0.05) is 11.2 Å². The summed E-state index contributed by atoms with van der Waals surface area (Å²) in [6.07, 6.45) is 2.93. The molecule has 0 heterocycles. The zero-order chi connectivity index (χ0) is 12.6. The Balaban J connectivity index is 1.96. The normalized spacial score (nSPS) is 21.8. The summed E-state index contributed by atoms with van der Waals surface area (Å²) in [4.78, 5) is 0. The second-order valence-electron chi connectivity index (χ2n) is 5.24. The molecule has 4 N–H and O–H groups in total. The Labute approximate surface area is 108 Å². The van der Waals surface area contributed by atoms with Gasteiger partial charge in [0.1, 0.15) is 0 Å². The highest BCUT2D eigenvalue weighted by atomic mass is 14.8. The van der Waals surface area contributed by atoms with Gasteiger partial charge in [-0.1, -0.05) is 36.4 Å². The lowest BCUT2D eigenvalue weighted by molar-refractivity contribution is 0.439. The first-order valence-corrected chi connectivity index (χ1v) is 6.39. The molecule has 2 aromatic rings. The lowest BCUT2D eigenvalue weighted by atomic mass is 9.86. The molecule has 1 aliphatic rings. The summed E-state index contributed by atoms with van der Waals surface area (Å²) < 4.78 is 0. The fourth-order valence-corrected chi connectivity index (χ4v) is 2.91. The minimum atomic E-state index is -0.258. The standard InChI is InChI=1S/C16H18N2/c17-14-7-6-13-8-9-16(18,15(13)10-14)11-12-4-2-1-3-5-12/h1-7,10H,8-9,11,17-18H2. The molecule has 1 atom stereocenters. The largest absolute Gasteiger partial charge is 0.399 e. The van der Waals surface area contributed by atoms with E-state index in [1.165, 1.54) is 16.7 Å². The number of benzene rings is 2. The van der Waals surface area contributed by atoms with Gasteiger partial charge in [0.05, 0.1) is 0 Å². The number of fused-ring (bicyclic) bond motifs is 1. The van der Waals surface area contributed by atoms with Crippen molar-refractivity contribution in [1.82, 2.24) is 0 Å². The van der Waals surface area contributed by atoms with Crippen LogP contribution in [0.4, 0.5) is 5.69 Å². The van der Waals surface area contributed by atoms with Crippen molar-refractivity contribution in [2.24, 2.45) is 5.73 Å². The molecule has 1 aliphatic carbocycles. The fourth-order valence-electron chi connectivity index (χ4n) is 2.91. The van der Waals surface area contributed by atoms with Crippen LogP contribution in [0.1, 0.15) is 23.1 Å². The van der Waals surface area contributed by atoms with E-state index in [1.54, 1.807) is 0 Å². The maximum absolute atomic E-state index is 6.62. The van der Waals surface area contributed by atoms with Gasteiger partial charge in [-0.05, 0) is 48.1 Å². The second-order valence-corrected chi connectivity index (χ2v) is 5.24. The summed E-state index contributed by atoms with van der Waals surface area (Å²) in [5, 5.41) is 0. The fraction of sp³-hybridized carbons (Fsp3) is 0.250. The smallest absolute Gasteiger partial charge is 0.0457 e. The van der Waals surface area contributed by atoms with E-state index in [-0.39, 0.29) is 5.54 Å². The highest BCUT2D eigenvalue weighted by Crippen LogP contribution is 2.38. The van der Waals surface area contributed by atoms with Gasteiger partial charge in [-0.2, -0.15) is 0 Å². The quantitative estimate of drug-likeness (QED) is 0.790. The predicted molar refractivity (Wildman–Crippen MR) is 75.2 cm³/mol.